The Morgan fingerprint density at radius 3 is 2.42 bits per heavy atom. The lowest BCUT2D eigenvalue weighted by atomic mass is 10.2. The summed E-state index contributed by atoms with van der Waals surface area (Å²) in [6.07, 6.45) is -1.86. The number of aromatic nitrogens is 2. The molecular weight excluding hydrogens is 369 g/mol. The zero-order valence-corrected chi connectivity index (χ0v) is 13.6. The largest absolute Gasteiger partial charge is 0.417 e. The molecule has 0 fully saturated rings. The Kier molecular flexibility index (Phi) is 5.62. The Morgan fingerprint density at radius 2 is 1.79 bits per heavy atom. The van der Waals surface area contributed by atoms with Gasteiger partial charge in [0.25, 0.3) is 0 Å². The standard InChI is InChI=1S/C13H12ClF3N4O2S/c14-9-2-3-11(10(8-9)13(15,16)17)24(22,23)21-7-6-20-12-18-4-1-5-19-12/h1-5,8,21H,6-7H2,(H,18,19,20). The van der Waals surface area contributed by atoms with Gasteiger partial charge >= 0.3 is 6.18 Å². The van der Waals surface area contributed by atoms with E-state index in [1.54, 1.807) is 6.07 Å². The van der Waals surface area contributed by atoms with Crippen LogP contribution in [0.3, 0.4) is 0 Å². The molecule has 1 heterocycles. The molecule has 0 aliphatic carbocycles. The molecule has 0 aliphatic heterocycles. The molecular formula is C13H12ClF3N4O2S. The van der Waals surface area contributed by atoms with Gasteiger partial charge in [0.1, 0.15) is 0 Å². The minimum atomic E-state index is -4.84. The van der Waals surface area contributed by atoms with Crippen LogP contribution in [-0.4, -0.2) is 31.5 Å². The van der Waals surface area contributed by atoms with Crippen LogP contribution in [-0.2, 0) is 16.2 Å². The highest BCUT2D eigenvalue weighted by Crippen LogP contribution is 2.35. The second-order valence-electron chi connectivity index (χ2n) is 4.54. The van der Waals surface area contributed by atoms with E-state index >= 15 is 0 Å². The first-order valence-corrected chi connectivity index (χ1v) is 8.43. The number of halogens is 4. The van der Waals surface area contributed by atoms with Crippen molar-refractivity contribution < 1.29 is 21.6 Å². The minimum Gasteiger partial charge on any atom is -0.353 e. The van der Waals surface area contributed by atoms with Crippen LogP contribution >= 0.6 is 11.6 Å². The van der Waals surface area contributed by atoms with E-state index in [1.807, 2.05) is 0 Å². The fourth-order valence-corrected chi connectivity index (χ4v) is 3.20. The van der Waals surface area contributed by atoms with Gasteiger partial charge in [0.15, 0.2) is 0 Å². The Labute approximate surface area is 141 Å². The smallest absolute Gasteiger partial charge is 0.353 e. The van der Waals surface area contributed by atoms with Crippen LogP contribution in [0.15, 0.2) is 41.6 Å². The van der Waals surface area contributed by atoms with Crippen molar-refractivity contribution >= 4 is 27.6 Å². The fourth-order valence-electron chi connectivity index (χ4n) is 1.79. The molecule has 2 aromatic rings. The first kappa shape index (κ1) is 18.4. The van der Waals surface area contributed by atoms with E-state index < -0.39 is 26.7 Å². The average Bonchev–Trinajstić information content (AvgIpc) is 2.51. The molecule has 6 nitrogen and oxygen atoms in total. The van der Waals surface area contributed by atoms with Gasteiger partial charge in [0.05, 0.1) is 10.5 Å². The second kappa shape index (κ2) is 7.32. The third-order valence-electron chi connectivity index (χ3n) is 2.80. The van der Waals surface area contributed by atoms with Crippen molar-refractivity contribution in [2.24, 2.45) is 0 Å². The predicted octanol–water partition coefficient (Wildman–Crippen LogP) is 2.54. The van der Waals surface area contributed by atoms with Crippen molar-refractivity contribution in [2.75, 3.05) is 18.4 Å². The normalized spacial score (nSPS) is 12.2. The molecule has 11 heteroatoms. The van der Waals surface area contributed by atoms with Crippen molar-refractivity contribution in [1.82, 2.24) is 14.7 Å². The predicted molar refractivity (Wildman–Crippen MR) is 82.2 cm³/mol. The summed E-state index contributed by atoms with van der Waals surface area (Å²) in [5, 5.41) is 2.53. The maximum atomic E-state index is 13.0. The quantitative estimate of drug-likeness (QED) is 0.752. The van der Waals surface area contributed by atoms with E-state index in [-0.39, 0.29) is 24.1 Å². The number of hydrogen-bond donors (Lipinski definition) is 2. The Hall–Kier alpha value is -1.91. The van der Waals surface area contributed by atoms with Gasteiger partial charge in [0.2, 0.25) is 16.0 Å². The summed E-state index contributed by atoms with van der Waals surface area (Å²) in [6.45, 7) is -0.0568. The lowest BCUT2D eigenvalue weighted by Crippen LogP contribution is -2.30. The summed E-state index contributed by atoms with van der Waals surface area (Å²) in [5.41, 5.74) is -1.32. The van der Waals surface area contributed by atoms with Gasteiger partial charge in [-0.1, -0.05) is 11.6 Å². The van der Waals surface area contributed by atoms with Gasteiger partial charge in [-0.15, -0.1) is 0 Å². The Morgan fingerprint density at radius 1 is 1.12 bits per heavy atom. The first-order chi connectivity index (χ1) is 11.2. The van der Waals surface area contributed by atoms with Gasteiger partial charge in [-0.25, -0.2) is 23.1 Å². The zero-order valence-electron chi connectivity index (χ0n) is 12.0. The number of nitrogens with one attached hydrogen (secondary N) is 2. The number of hydrogen-bond acceptors (Lipinski definition) is 5. The van der Waals surface area contributed by atoms with Crippen molar-refractivity contribution in [1.29, 1.82) is 0 Å². The molecule has 0 spiro atoms. The topological polar surface area (TPSA) is 84.0 Å². The molecule has 0 radical (unpaired) electrons. The fraction of sp³-hybridized carbons (Fsp3) is 0.231. The first-order valence-electron chi connectivity index (χ1n) is 6.57. The summed E-state index contributed by atoms with van der Waals surface area (Å²) in [6, 6.07) is 4.09. The molecule has 0 aliphatic rings. The number of alkyl halides is 3. The van der Waals surface area contributed by atoms with E-state index in [9.17, 15) is 21.6 Å². The van der Waals surface area contributed by atoms with Crippen LogP contribution in [0.1, 0.15) is 5.56 Å². The van der Waals surface area contributed by atoms with Crippen LogP contribution in [0.5, 0.6) is 0 Å². The Bertz CT molecular complexity index is 801. The molecule has 0 atom stereocenters. The molecule has 0 unspecified atom stereocenters. The number of nitrogens with zero attached hydrogens (tertiary/aromatic N) is 2. The van der Waals surface area contributed by atoms with Crippen LogP contribution in [0.2, 0.25) is 5.02 Å². The van der Waals surface area contributed by atoms with Crippen LogP contribution in [0.4, 0.5) is 19.1 Å². The maximum absolute atomic E-state index is 13.0. The molecule has 24 heavy (non-hydrogen) atoms. The summed E-state index contributed by atoms with van der Waals surface area (Å²) in [5.74, 6) is 0.277. The van der Waals surface area contributed by atoms with Crippen molar-refractivity contribution in [3.8, 4) is 0 Å². The summed E-state index contributed by atoms with van der Waals surface area (Å²) in [4.78, 5) is 6.85. The van der Waals surface area contributed by atoms with E-state index in [4.69, 9.17) is 11.6 Å². The van der Waals surface area contributed by atoms with Crippen molar-refractivity contribution in [2.45, 2.75) is 11.1 Å². The zero-order chi connectivity index (χ0) is 17.8. The summed E-state index contributed by atoms with van der Waals surface area (Å²) >= 11 is 5.53. The van der Waals surface area contributed by atoms with Crippen molar-refractivity contribution in [3.63, 3.8) is 0 Å². The molecule has 0 amide bonds. The van der Waals surface area contributed by atoms with Gasteiger partial charge in [-0.2, -0.15) is 13.2 Å². The Balaban J connectivity index is 2.08. The molecule has 130 valence electrons. The highest BCUT2D eigenvalue weighted by atomic mass is 35.5. The van der Waals surface area contributed by atoms with Gasteiger partial charge in [-0.05, 0) is 24.3 Å². The van der Waals surface area contributed by atoms with E-state index in [2.05, 4.69) is 20.0 Å². The van der Waals surface area contributed by atoms with Gasteiger partial charge in [0, 0.05) is 30.5 Å². The van der Waals surface area contributed by atoms with Crippen LogP contribution < -0.4 is 10.0 Å². The second-order valence-corrected chi connectivity index (χ2v) is 6.71. The van der Waals surface area contributed by atoms with Crippen molar-refractivity contribution in [3.05, 3.63) is 47.2 Å². The third kappa shape index (κ3) is 4.79. The monoisotopic (exact) mass is 380 g/mol. The van der Waals surface area contributed by atoms with Gasteiger partial charge < -0.3 is 5.32 Å². The molecule has 2 rings (SSSR count). The van der Waals surface area contributed by atoms with Gasteiger partial charge in [-0.3, -0.25) is 0 Å². The molecule has 0 saturated carbocycles. The molecule has 2 N–H and O–H groups in total. The summed E-state index contributed by atoms with van der Waals surface area (Å²) in [7, 11) is -4.35. The molecule has 0 bridgehead atoms. The number of sulfonamides is 1. The minimum absolute atomic E-state index is 0.0954. The third-order valence-corrected chi connectivity index (χ3v) is 4.56. The summed E-state index contributed by atoms with van der Waals surface area (Å²) < 4.78 is 65.3. The maximum Gasteiger partial charge on any atom is 0.417 e. The van der Waals surface area contributed by atoms with E-state index in [0.29, 0.717) is 6.07 Å². The van der Waals surface area contributed by atoms with E-state index in [0.717, 1.165) is 12.1 Å². The molecule has 0 saturated heterocycles. The average molecular weight is 381 g/mol. The highest BCUT2D eigenvalue weighted by Gasteiger charge is 2.37. The lowest BCUT2D eigenvalue weighted by molar-refractivity contribution is -0.139. The van der Waals surface area contributed by atoms with Crippen LogP contribution in [0.25, 0.3) is 0 Å². The number of rotatable bonds is 6. The SMILES string of the molecule is O=S(=O)(NCCNc1ncccn1)c1ccc(Cl)cc1C(F)(F)F. The molecule has 1 aromatic carbocycles. The lowest BCUT2D eigenvalue weighted by Gasteiger charge is -2.14. The van der Waals surface area contributed by atoms with Crippen LogP contribution in [0, 0.1) is 0 Å². The highest BCUT2D eigenvalue weighted by molar-refractivity contribution is 7.89. The number of benzene rings is 1. The van der Waals surface area contributed by atoms with E-state index in [1.165, 1.54) is 12.4 Å². The molecule has 1 aromatic heterocycles. The number of anilines is 1.